The van der Waals surface area contributed by atoms with Gasteiger partial charge in [0.25, 0.3) is 0 Å². The van der Waals surface area contributed by atoms with Crippen molar-refractivity contribution < 1.29 is 14.3 Å². The molecule has 0 saturated carbocycles. The highest BCUT2D eigenvalue weighted by atomic mass is 16.5. The minimum atomic E-state index is 0.0185. The number of rotatable bonds is 4. The maximum absolute atomic E-state index is 12.2. The zero-order valence-corrected chi connectivity index (χ0v) is 11.7. The molecule has 0 radical (unpaired) electrons. The Morgan fingerprint density at radius 2 is 2.15 bits per heavy atom. The van der Waals surface area contributed by atoms with Crippen molar-refractivity contribution >= 4 is 11.8 Å². The summed E-state index contributed by atoms with van der Waals surface area (Å²) in [7, 11) is 1.63. The molecule has 20 heavy (non-hydrogen) atoms. The Morgan fingerprint density at radius 1 is 1.35 bits per heavy atom. The molecule has 1 aromatic carbocycles. The van der Waals surface area contributed by atoms with E-state index in [9.17, 15) is 9.59 Å². The number of amides is 2. The van der Waals surface area contributed by atoms with Gasteiger partial charge in [0.1, 0.15) is 5.75 Å². The molecule has 0 spiro atoms. The van der Waals surface area contributed by atoms with Gasteiger partial charge in [0.05, 0.1) is 7.11 Å². The van der Waals surface area contributed by atoms with E-state index in [1.165, 1.54) is 0 Å². The first-order valence-electron chi connectivity index (χ1n) is 6.87. The summed E-state index contributed by atoms with van der Waals surface area (Å²) in [5.74, 6) is 0.922. The summed E-state index contributed by atoms with van der Waals surface area (Å²) >= 11 is 0. The Balaban J connectivity index is 1.89. The molecule has 1 saturated heterocycles. The quantitative estimate of drug-likeness (QED) is 0.891. The van der Waals surface area contributed by atoms with E-state index >= 15 is 0 Å². The Kier molecular flexibility index (Phi) is 4.98. The molecule has 1 fully saturated rings. The molecule has 0 unspecified atom stereocenters. The predicted octanol–water partition coefficient (Wildman–Crippen LogP) is 0.976. The summed E-state index contributed by atoms with van der Waals surface area (Å²) in [4.78, 5) is 25.2. The number of para-hydroxylation sites is 1. The van der Waals surface area contributed by atoms with Gasteiger partial charge in [-0.3, -0.25) is 9.59 Å². The van der Waals surface area contributed by atoms with Crippen LogP contribution in [0.15, 0.2) is 24.3 Å². The molecule has 1 N–H and O–H groups in total. The van der Waals surface area contributed by atoms with Crippen LogP contribution in [0.5, 0.6) is 5.75 Å². The average Bonchev–Trinajstić information content (AvgIpc) is 2.70. The van der Waals surface area contributed by atoms with Gasteiger partial charge >= 0.3 is 0 Å². The largest absolute Gasteiger partial charge is 0.496 e. The third kappa shape index (κ3) is 3.73. The van der Waals surface area contributed by atoms with Crippen molar-refractivity contribution in [3.05, 3.63) is 29.8 Å². The molecule has 0 aliphatic carbocycles. The van der Waals surface area contributed by atoms with Crippen molar-refractivity contribution in [2.75, 3.05) is 26.7 Å². The van der Waals surface area contributed by atoms with E-state index in [0.717, 1.165) is 11.3 Å². The zero-order valence-electron chi connectivity index (χ0n) is 11.7. The number of nitrogens with zero attached hydrogens (tertiary/aromatic N) is 1. The second-order valence-electron chi connectivity index (χ2n) is 4.79. The summed E-state index contributed by atoms with van der Waals surface area (Å²) in [5, 5.41) is 2.77. The first-order valence-corrected chi connectivity index (χ1v) is 6.87. The van der Waals surface area contributed by atoms with Gasteiger partial charge in [-0.2, -0.15) is 0 Å². The first kappa shape index (κ1) is 14.4. The lowest BCUT2D eigenvalue weighted by Gasteiger charge is -2.19. The lowest BCUT2D eigenvalue weighted by Crippen LogP contribution is -2.34. The molecule has 5 heteroatoms. The van der Waals surface area contributed by atoms with Crippen LogP contribution >= 0.6 is 0 Å². The molecule has 5 nitrogen and oxygen atoms in total. The van der Waals surface area contributed by atoms with E-state index in [1.54, 1.807) is 12.0 Å². The van der Waals surface area contributed by atoms with Crippen molar-refractivity contribution in [1.82, 2.24) is 10.2 Å². The fourth-order valence-electron chi connectivity index (χ4n) is 2.33. The Morgan fingerprint density at radius 3 is 2.95 bits per heavy atom. The van der Waals surface area contributed by atoms with Crippen molar-refractivity contribution in [2.24, 2.45) is 0 Å². The molecule has 1 aliphatic heterocycles. The smallest absolute Gasteiger partial charge is 0.222 e. The highest BCUT2D eigenvalue weighted by molar-refractivity contribution is 5.80. The van der Waals surface area contributed by atoms with Gasteiger partial charge in [0.2, 0.25) is 11.8 Å². The van der Waals surface area contributed by atoms with E-state index in [1.807, 2.05) is 24.3 Å². The molecule has 1 heterocycles. The van der Waals surface area contributed by atoms with Crippen LogP contribution in [0, 0.1) is 0 Å². The summed E-state index contributed by atoms with van der Waals surface area (Å²) in [5.41, 5.74) is 1.03. The van der Waals surface area contributed by atoms with Crippen LogP contribution in [-0.2, 0) is 16.0 Å². The summed E-state index contributed by atoms with van der Waals surface area (Å²) in [6, 6.07) is 7.72. The number of nitrogens with one attached hydrogen (secondary N) is 1. The van der Waals surface area contributed by atoms with Crippen LogP contribution in [0.1, 0.15) is 18.4 Å². The molecule has 0 atom stereocenters. The molecular formula is C15H20N2O3. The van der Waals surface area contributed by atoms with E-state index in [-0.39, 0.29) is 11.8 Å². The van der Waals surface area contributed by atoms with Crippen LogP contribution in [0.4, 0.5) is 0 Å². The van der Waals surface area contributed by atoms with Crippen LogP contribution < -0.4 is 10.1 Å². The number of aryl methyl sites for hydroxylation is 1. The normalized spacial score (nSPS) is 15.4. The minimum Gasteiger partial charge on any atom is -0.496 e. The predicted molar refractivity (Wildman–Crippen MR) is 75.5 cm³/mol. The van der Waals surface area contributed by atoms with Gasteiger partial charge in [-0.1, -0.05) is 18.2 Å². The number of ether oxygens (including phenoxy) is 1. The number of hydrogen-bond donors (Lipinski definition) is 1. The topological polar surface area (TPSA) is 58.6 Å². The zero-order chi connectivity index (χ0) is 14.4. The number of methoxy groups -OCH3 is 1. The van der Waals surface area contributed by atoms with E-state index in [0.29, 0.717) is 38.9 Å². The van der Waals surface area contributed by atoms with Gasteiger partial charge in [-0.25, -0.2) is 0 Å². The number of hydrogen-bond acceptors (Lipinski definition) is 3. The standard InChI is InChI=1S/C15H20N2O3/c1-20-13-5-3-2-4-12(13)6-7-15(19)17-10-8-14(18)16-9-11-17/h2-5H,6-11H2,1H3,(H,16,18). The lowest BCUT2D eigenvalue weighted by atomic mass is 10.1. The number of carbonyl (C=O) groups excluding carboxylic acids is 2. The van der Waals surface area contributed by atoms with Crippen molar-refractivity contribution in [3.63, 3.8) is 0 Å². The first-order chi connectivity index (χ1) is 9.70. The Labute approximate surface area is 118 Å². The number of carbonyl (C=O) groups is 2. The molecule has 108 valence electrons. The maximum Gasteiger partial charge on any atom is 0.222 e. The minimum absolute atomic E-state index is 0.0185. The highest BCUT2D eigenvalue weighted by Crippen LogP contribution is 2.19. The molecular weight excluding hydrogens is 256 g/mol. The second kappa shape index (κ2) is 6.93. The summed E-state index contributed by atoms with van der Waals surface area (Å²) in [6.07, 6.45) is 1.48. The molecule has 2 rings (SSSR count). The number of benzene rings is 1. The molecule has 1 aliphatic rings. The maximum atomic E-state index is 12.2. The van der Waals surface area contributed by atoms with Crippen molar-refractivity contribution in [3.8, 4) is 5.75 Å². The SMILES string of the molecule is COc1ccccc1CCC(=O)N1CCNC(=O)CC1. The third-order valence-electron chi connectivity index (χ3n) is 3.47. The Hall–Kier alpha value is -2.04. The van der Waals surface area contributed by atoms with Crippen molar-refractivity contribution in [2.45, 2.75) is 19.3 Å². The molecule has 2 amide bonds. The van der Waals surface area contributed by atoms with Crippen LogP contribution in [0.2, 0.25) is 0 Å². The van der Waals surface area contributed by atoms with Crippen molar-refractivity contribution in [1.29, 1.82) is 0 Å². The van der Waals surface area contributed by atoms with E-state index in [4.69, 9.17) is 4.74 Å². The lowest BCUT2D eigenvalue weighted by molar-refractivity contribution is -0.131. The Bertz CT molecular complexity index is 488. The monoisotopic (exact) mass is 276 g/mol. The highest BCUT2D eigenvalue weighted by Gasteiger charge is 2.18. The van der Waals surface area contributed by atoms with Gasteiger partial charge in [0.15, 0.2) is 0 Å². The van der Waals surface area contributed by atoms with Gasteiger partial charge < -0.3 is 15.0 Å². The fraction of sp³-hybridized carbons (Fsp3) is 0.467. The summed E-state index contributed by atoms with van der Waals surface area (Å²) in [6.45, 7) is 1.65. The third-order valence-corrected chi connectivity index (χ3v) is 3.47. The molecule has 0 bridgehead atoms. The van der Waals surface area contributed by atoms with E-state index in [2.05, 4.69) is 5.32 Å². The van der Waals surface area contributed by atoms with Crippen LogP contribution in [0.25, 0.3) is 0 Å². The van der Waals surface area contributed by atoms with Gasteiger partial charge in [-0.15, -0.1) is 0 Å². The van der Waals surface area contributed by atoms with E-state index < -0.39 is 0 Å². The van der Waals surface area contributed by atoms with Gasteiger partial charge in [-0.05, 0) is 18.1 Å². The fourth-order valence-corrected chi connectivity index (χ4v) is 2.33. The van der Waals surface area contributed by atoms with Crippen LogP contribution in [0.3, 0.4) is 0 Å². The van der Waals surface area contributed by atoms with Crippen LogP contribution in [-0.4, -0.2) is 43.5 Å². The molecule has 1 aromatic rings. The molecule has 0 aromatic heterocycles. The average molecular weight is 276 g/mol. The summed E-state index contributed by atoms with van der Waals surface area (Å²) < 4.78 is 5.28. The second-order valence-corrected chi connectivity index (χ2v) is 4.79. The van der Waals surface area contributed by atoms with Gasteiger partial charge in [0, 0.05) is 32.5 Å².